The highest BCUT2D eigenvalue weighted by Gasteiger charge is 2.53. The monoisotopic (exact) mass is 553 g/mol. The van der Waals surface area contributed by atoms with Gasteiger partial charge in [-0.25, -0.2) is 4.99 Å². The lowest BCUT2D eigenvalue weighted by molar-refractivity contribution is -0.129. The Balaban J connectivity index is 1.79. The molecule has 0 bridgehead atoms. The first-order valence-corrected chi connectivity index (χ1v) is 13.7. The summed E-state index contributed by atoms with van der Waals surface area (Å²) in [5, 5.41) is 16.0. The van der Waals surface area contributed by atoms with Crippen molar-refractivity contribution in [3.8, 4) is 5.75 Å². The summed E-state index contributed by atoms with van der Waals surface area (Å²) in [7, 11) is 0. The van der Waals surface area contributed by atoms with Gasteiger partial charge >= 0.3 is 0 Å². The average molecular weight is 554 g/mol. The molecule has 1 heterocycles. The number of aliphatic hydroxyl groups excluding tert-OH is 1. The fraction of sp³-hybridized carbons (Fsp3) is 0.312. The highest BCUT2D eigenvalue weighted by atomic mass is 16.5. The summed E-state index contributed by atoms with van der Waals surface area (Å²) < 4.78 is 12.2. The quantitative estimate of drug-likeness (QED) is 0.108. The number of aliphatic imine (C=N–C) groups is 1. The fourth-order valence-corrected chi connectivity index (χ4v) is 4.53. The molecule has 0 fully saturated rings. The Bertz CT molecular complexity index is 1420. The Kier molecular flexibility index (Phi) is 10.2. The van der Waals surface area contributed by atoms with Gasteiger partial charge in [-0.1, -0.05) is 85.7 Å². The fourth-order valence-electron chi connectivity index (χ4n) is 4.53. The Morgan fingerprint density at radius 3 is 2.59 bits per heavy atom. The van der Waals surface area contributed by atoms with Crippen LogP contribution in [0.1, 0.15) is 49.5 Å². The van der Waals surface area contributed by atoms with Gasteiger partial charge in [0.25, 0.3) is 5.91 Å². The van der Waals surface area contributed by atoms with E-state index in [0.717, 1.165) is 5.56 Å². The predicted octanol–water partition coefficient (Wildman–Crippen LogP) is 6.52. The second kappa shape index (κ2) is 14.2. The number of carbonyl (C=O) groups is 1. The topological polar surface area (TPSA) is 129 Å². The van der Waals surface area contributed by atoms with Crippen LogP contribution in [-0.2, 0) is 9.53 Å². The SMILES string of the molecule is CC(C)CNC(=O)[C@]1(C/C=C/c2ccccc2)N=C(c2ccc(OCCCO)cc2)O[C@@H]1c1ccccc1N=[N+]=[N-]. The maximum absolute atomic E-state index is 14.1. The largest absolute Gasteiger partial charge is 0.494 e. The van der Waals surface area contributed by atoms with Crippen molar-refractivity contribution in [3.63, 3.8) is 0 Å². The maximum atomic E-state index is 14.1. The normalized spacial score (nSPS) is 18.0. The van der Waals surface area contributed by atoms with E-state index in [0.29, 0.717) is 48.0 Å². The van der Waals surface area contributed by atoms with E-state index in [1.807, 2.05) is 74.5 Å². The lowest BCUT2D eigenvalue weighted by Crippen LogP contribution is -2.48. The zero-order valence-corrected chi connectivity index (χ0v) is 23.3. The highest BCUT2D eigenvalue weighted by Crippen LogP contribution is 2.45. The van der Waals surface area contributed by atoms with Gasteiger partial charge < -0.3 is 19.9 Å². The highest BCUT2D eigenvalue weighted by molar-refractivity contribution is 6.01. The zero-order valence-electron chi connectivity index (χ0n) is 23.3. The van der Waals surface area contributed by atoms with Crippen LogP contribution in [0.5, 0.6) is 5.75 Å². The number of carbonyl (C=O) groups excluding carboxylic acids is 1. The molecule has 9 nitrogen and oxygen atoms in total. The van der Waals surface area contributed by atoms with Gasteiger partial charge in [-0.3, -0.25) is 4.79 Å². The number of amides is 1. The van der Waals surface area contributed by atoms with Crippen LogP contribution < -0.4 is 10.1 Å². The van der Waals surface area contributed by atoms with Crippen LogP contribution in [0.25, 0.3) is 16.5 Å². The van der Waals surface area contributed by atoms with Crippen molar-refractivity contribution in [2.24, 2.45) is 16.0 Å². The lowest BCUT2D eigenvalue weighted by Gasteiger charge is -2.30. The molecule has 0 aliphatic carbocycles. The van der Waals surface area contributed by atoms with Gasteiger partial charge in [0.1, 0.15) is 5.75 Å². The van der Waals surface area contributed by atoms with Gasteiger partial charge in [-0.15, -0.1) is 0 Å². The number of hydrogen-bond acceptors (Lipinski definition) is 6. The van der Waals surface area contributed by atoms with Crippen LogP contribution in [0, 0.1) is 5.92 Å². The summed E-state index contributed by atoms with van der Waals surface area (Å²) in [5.41, 5.74) is 10.5. The molecule has 3 aromatic carbocycles. The molecular weight excluding hydrogens is 518 g/mol. The summed E-state index contributed by atoms with van der Waals surface area (Å²) in [5.74, 6) is 0.913. The predicted molar refractivity (Wildman–Crippen MR) is 160 cm³/mol. The van der Waals surface area contributed by atoms with Gasteiger partial charge in [0.05, 0.1) is 6.61 Å². The Hall–Kier alpha value is -4.59. The number of aliphatic hydroxyl groups is 1. The summed E-state index contributed by atoms with van der Waals surface area (Å²) >= 11 is 0. The zero-order chi connectivity index (χ0) is 29.1. The first kappa shape index (κ1) is 29.4. The third kappa shape index (κ3) is 7.33. The Morgan fingerprint density at radius 1 is 1.15 bits per heavy atom. The molecule has 0 aromatic heterocycles. The summed E-state index contributed by atoms with van der Waals surface area (Å²) in [6, 6.07) is 24.2. The molecule has 1 aliphatic heterocycles. The third-order valence-electron chi connectivity index (χ3n) is 6.61. The van der Waals surface area contributed by atoms with Gasteiger partial charge in [0, 0.05) is 47.7 Å². The van der Waals surface area contributed by atoms with E-state index in [1.165, 1.54) is 0 Å². The van der Waals surface area contributed by atoms with Crippen LogP contribution in [0.4, 0.5) is 5.69 Å². The molecule has 0 saturated carbocycles. The minimum absolute atomic E-state index is 0.0567. The van der Waals surface area contributed by atoms with Crippen molar-refractivity contribution in [2.45, 2.75) is 38.3 Å². The minimum atomic E-state index is -1.37. The van der Waals surface area contributed by atoms with Gasteiger partial charge in [-0.2, -0.15) is 0 Å². The van der Waals surface area contributed by atoms with Gasteiger partial charge in [0.2, 0.25) is 5.90 Å². The van der Waals surface area contributed by atoms with Crippen molar-refractivity contribution < 1.29 is 19.4 Å². The van der Waals surface area contributed by atoms with Gasteiger partial charge in [-0.05, 0) is 41.3 Å². The van der Waals surface area contributed by atoms with E-state index < -0.39 is 11.6 Å². The molecule has 1 aliphatic rings. The smallest absolute Gasteiger partial charge is 0.252 e. The molecule has 1 amide bonds. The third-order valence-corrected chi connectivity index (χ3v) is 6.61. The van der Waals surface area contributed by atoms with E-state index in [2.05, 4.69) is 15.3 Å². The lowest BCUT2D eigenvalue weighted by atomic mass is 9.83. The van der Waals surface area contributed by atoms with Crippen molar-refractivity contribution in [2.75, 3.05) is 19.8 Å². The first-order valence-electron chi connectivity index (χ1n) is 13.7. The molecule has 0 spiro atoms. The van der Waals surface area contributed by atoms with E-state index in [4.69, 9.17) is 19.6 Å². The average Bonchev–Trinajstić information content (AvgIpc) is 3.38. The van der Waals surface area contributed by atoms with Crippen LogP contribution in [0.15, 0.2) is 95.0 Å². The van der Waals surface area contributed by atoms with Crippen molar-refractivity contribution in [1.29, 1.82) is 0 Å². The number of hydrogen-bond donors (Lipinski definition) is 2. The van der Waals surface area contributed by atoms with E-state index in [1.54, 1.807) is 30.3 Å². The van der Waals surface area contributed by atoms with Crippen molar-refractivity contribution in [1.82, 2.24) is 5.32 Å². The van der Waals surface area contributed by atoms with Gasteiger partial charge in [0.15, 0.2) is 11.6 Å². The molecule has 9 heteroatoms. The molecule has 41 heavy (non-hydrogen) atoms. The molecule has 212 valence electrons. The van der Waals surface area contributed by atoms with Crippen LogP contribution >= 0.6 is 0 Å². The molecule has 4 rings (SSSR count). The molecule has 2 N–H and O–H groups in total. The molecule has 0 saturated heterocycles. The minimum Gasteiger partial charge on any atom is -0.494 e. The van der Waals surface area contributed by atoms with E-state index in [-0.39, 0.29) is 24.9 Å². The summed E-state index contributed by atoms with van der Waals surface area (Å²) in [4.78, 5) is 22.1. The number of nitrogens with zero attached hydrogens (tertiary/aromatic N) is 4. The molecule has 2 atom stereocenters. The maximum Gasteiger partial charge on any atom is 0.252 e. The molecule has 0 unspecified atom stereocenters. The van der Waals surface area contributed by atoms with Crippen LogP contribution in [0.3, 0.4) is 0 Å². The van der Waals surface area contributed by atoms with Crippen LogP contribution in [-0.4, -0.2) is 42.2 Å². The Morgan fingerprint density at radius 2 is 1.88 bits per heavy atom. The standard InChI is InChI=1S/C32H35N5O4/c1-23(2)22-34-31(39)32(19-8-12-24-10-4-3-5-11-24)29(27-13-6-7-14-28(27)36-37-33)41-30(35-32)25-15-17-26(18-16-25)40-21-9-20-38/h3-8,10-18,23,29,38H,9,19-22H2,1-2H3,(H,34,39)/b12-8+/t29-,32-/m1/s1. The van der Waals surface area contributed by atoms with Crippen molar-refractivity contribution in [3.05, 3.63) is 112 Å². The number of nitrogens with one attached hydrogen (secondary N) is 1. The van der Waals surface area contributed by atoms with E-state index >= 15 is 0 Å². The number of benzene rings is 3. The number of azide groups is 1. The first-order chi connectivity index (χ1) is 20.0. The molecular formula is C32H35N5O4. The van der Waals surface area contributed by atoms with E-state index in [9.17, 15) is 10.3 Å². The summed E-state index contributed by atoms with van der Waals surface area (Å²) in [6.07, 6.45) is 3.81. The Labute approximate surface area is 240 Å². The van der Waals surface area contributed by atoms with Crippen LogP contribution in [0.2, 0.25) is 0 Å². The molecule has 0 radical (unpaired) electrons. The molecule has 3 aromatic rings. The second-order valence-electron chi connectivity index (χ2n) is 10.2. The number of ether oxygens (including phenoxy) is 2. The summed E-state index contributed by atoms with van der Waals surface area (Å²) in [6.45, 7) is 4.99. The number of rotatable bonds is 13. The second-order valence-corrected chi connectivity index (χ2v) is 10.2. The van der Waals surface area contributed by atoms with Crippen molar-refractivity contribution >= 4 is 23.6 Å².